The van der Waals surface area contributed by atoms with E-state index in [2.05, 4.69) is 29.4 Å². The molecule has 0 bridgehead atoms. The van der Waals surface area contributed by atoms with Crippen molar-refractivity contribution in [1.29, 1.82) is 0 Å². The molecule has 1 aromatic carbocycles. The van der Waals surface area contributed by atoms with Gasteiger partial charge in [-0.2, -0.15) is 0 Å². The third-order valence-corrected chi connectivity index (χ3v) is 5.66. The van der Waals surface area contributed by atoms with Crippen molar-refractivity contribution in [2.24, 2.45) is 5.92 Å². The second-order valence-electron chi connectivity index (χ2n) is 7.35. The third-order valence-electron chi connectivity index (χ3n) is 5.66. The van der Waals surface area contributed by atoms with Gasteiger partial charge in [-0.15, -0.1) is 0 Å². The van der Waals surface area contributed by atoms with Crippen LogP contribution in [0.2, 0.25) is 0 Å². The Balaban J connectivity index is 1.49. The quantitative estimate of drug-likeness (QED) is 0.646. The normalized spacial score (nSPS) is 17.2. The average Bonchev–Trinajstić information content (AvgIpc) is 3.23. The molecule has 2 N–H and O–H groups in total. The summed E-state index contributed by atoms with van der Waals surface area (Å²) in [5.74, 6) is 1.17. The first-order valence-electron chi connectivity index (χ1n) is 10.4. The molecule has 3 rings (SSSR count). The lowest BCUT2D eigenvalue weighted by Gasteiger charge is -2.38. The van der Waals surface area contributed by atoms with Gasteiger partial charge in [0.2, 0.25) is 12.7 Å². The molecular weight excluding hydrogens is 374 g/mol. The molecule has 1 atom stereocenters. The number of nitrogens with one attached hydrogen (secondary N) is 2. The van der Waals surface area contributed by atoms with Crippen LogP contribution < -0.4 is 20.1 Å². The van der Waals surface area contributed by atoms with Crippen molar-refractivity contribution in [2.45, 2.75) is 32.7 Å². The Labute approximate surface area is 171 Å². The lowest BCUT2D eigenvalue weighted by molar-refractivity contribution is -0.120. The molecule has 2 aliphatic rings. The van der Waals surface area contributed by atoms with Crippen molar-refractivity contribution in [2.75, 3.05) is 46.2 Å². The molecule has 1 saturated heterocycles. The number of ether oxygens (including phenoxy) is 3. The van der Waals surface area contributed by atoms with E-state index in [0.717, 1.165) is 39.1 Å². The number of carbonyl (C=O) groups is 2. The Kier molecular flexibility index (Phi) is 7.71. The standard InChI is InChI=1S/C21H31N3O5/c1-3-15(4-2)17(24-7-9-27-10-8-24)12-22-20(25)13-23-21(26)16-5-6-18-19(11-16)29-14-28-18/h5-6,11,15,17H,3-4,7-10,12-14H2,1-2H3,(H,22,25)(H,23,26). The van der Waals surface area contributed by atoms with Crippen molar-refractivity contribution >= 4 is 11.8 Å². The fraction of sp³-hybridized carbons (Fsp3) is 0.619. The van der Waals surface area contributed by atoms with Crippen LogP contribution in [-0.4, -0.2) is 68.9 Å². The lowest BCUT2D eigenvalue weighted by Crippen LogP contribution is -2.52. The summed E-state index contributed by atoms with van der Waals surface area (Å²) in [7, 11) is 0. The first-order chi connectivity index (χ1) is 14.1. The number of rotatable bonds is 9. The Morgan fingerprint density at radius 3 is 2.52 bits per heavy atom. The number of carbonyl (C=O) groups excluding carboxylic acids is 2. The third kappa shape index (κ3) is 5.61. The summed E-state index contributed by atoms with van der Waals surface area (Å²) in [6.07, 6.45) is 2.13. The minimum atomic E-state index is -0.317. The van der Waals surface area contributed by atoms with Crippen molar-refractivity contribution in [3.63, 3.8) is 0 Å². The van der Waals surface area contributed by atoms with Gasteiger partial charge >= 0.3 is 0 Å². The van der Waals surface area contributed by atoms with E-state index in [1.165, 1.54) is 0 Å². The number of hydrogen-bond acceptors (Lipinski definition) is 6. The van der Waals surface area contributed by atoms with E-state index in [0.29, 0.717) is 29.5 Å². The van der Waals surface area contributed by atoms with E-state index >= 15 is 0 Å². The van der Waals surface area contributed by atoms with Crippen LogP contribution in [0.5, 0.6) is 11.5 Å². The minimum absolute atomic E-state index is 0.0635. The predicted molar refractivity (Wildman–Crippen MR) is 108 cm³/mol. The predicted octanol–water partition coefficient (Wildman–Crippen LogP) is 1.40. The number of fused-ring (bicyclic) bond motifs is 1. The monoisotopic (exact) mass is 405 g/mol. The average molecular weight is 405 g/mol. The Morgan fingerprint density at radius 1 is 1.07 bits per heavy atom. The van der Waals surface area contributed by atoms with Crippen LogP contribution in [0.15, 0.2) is 18.2 Å². The molecule has 0 saturated carbocycles. The summed E-state index contributed by atoms with van der Waals surface area (Å²) in [6, 6.07) is 5.25. The Hall–Kier alpha value is -2.32. The molecule has 0 spiro atoms. The van der Waals surface area contributed by atoms with Gasteiger partial charge in [0.05, 0.1) is 19.8 Å². The second-order valence-corrected chi connectivity index (χ2v) is 7.35. The molecule has 0 aliphatic carbocycles. The zero-order valence-electron chi connectivity index (χ0n) is 17.2. The molecule has 1 aromatic rings. The van der Waals surface area contributed by atoms with Gasteiger partial charge in [0, 0.05) is 31.2 Å². The molecule has 8 heteroatoms. The SMILES string of the molecule is CCC(CC)C(CNC(=O)CNC(=O)c1ccc2c(c1)OCO2)N1CCOCC1. The maximum absolute atomic E-state index is 12.3. The Morgan fingerprint density at radius 2 is 1.79 bits per heavy atom. The van der Waals surface area contributed by atoms with Gasteiger partial charge in [-0.3, -0.25) is 14.5 Å². The highest BCUT2D eigenvalue weighted by Crippen LogP contribution is 2.32. The van der Waals surface area contributed by atoms with Crippen LogP contribution in [0.1, 0.15) is 37.0 Å². The minimum Gasteiger partial charge on any atom is -0.454 e. The summed E-state index contributed by atoms with van der Waals surface area (Å²) in [6.45, 7) is 8.28. The van der Waals surface area contributed by atoms with Crippen molar-refractivity contribution in [1.82, 2.24) is 15.5 Å². The highest BCUT2D eigenvalue weighted by molar-refractivity contribution is 5.97. The van der Waals surface area contributed by atoms with Gasteiger partial charge in [0.1, 0.15) is 0 Å². The zero-order valence-corrected chi connectivity index (χ0v) is 17.2. The lowest BCUT2D eigenvalue weighted by atomic mass is 9.92. The fourth-order valence-corrected chi connectivity index (χ4v) is 3.92. The molecule has 160 valence electrons. The van der Waals surface area contributed by atoms with Crippen molar-refractivity contribution in [3.8, 4) is 11.5 Å². The van der Waals surface area contributed by atoms with Gasteiger partial charge in [-0.1, -0.05) is 26.7 Å². The van der Waals surface area contributed by atoms with Crippen molar-refractivity contribution < 1.29 is 23.8 Å². The molecule has 1 unspecified atom stereocenters. The smallest absolute Gasteiger partial charge is 0.251 e. The van der Waals surface area contributed by atoms with Crippen LogP contribution in [0, 0.1) is 5.92 Å². The van der Waals surface area contributed by atoms with Crippen LogP contribution in [0.25, 0.3) is 0 Å². The van der Waals surface area contributed by atoms with E-state index in [1.807, 2.05) is 0 Å². The van der Waals surface area contributed by atoms with Crippen LogP contribution in [-0.2, 0) is 9.53 Å². The molecule has 1 fully saturated rings. The maximum Gasteiger partial charge on any atom is 0.251 e. The van der Waals surface area contributed by atoms with E-state index in [-0.39, 0.29) is 31.2 Å². The van der Waals surface area contributed by atoms with Gasteiger partial charge in [-0.25, -0.2) is 0 Å². The van der Waals surface area contributed by atoms with Crippen LogP contribution >= 0.6 is 0 Å². The van der Waals surface area contributed by atoms with E-state index in [1.54, 1.807) is 18.2 Å². The highest BCUT2D eigenvalue weighted by Gasteiger charge is 2.27. The summed E-state index contributed by atoms with van der Waals surface area (Å²) in [5, 5.41) is 5.67. The molecule has 2 heterocycles. The largest absolute Gasteiger partial charge is 0.454 e. The fourth-order valence-electron chi connectivity index (χ4n) is 3.92. The van der Waals surface area contributed by atoms with Gasteiger partial charge in [-0.05, 0) is 24.1 Å². The summed E-state index contributed by atoms with van der Waals surface area (Å²) in [4.78, 5) is 27.1. The van der Waals surface area contributed by atoms with Crippen molar-refractivity contribution in [3.05, 3.63) is 23.8 Å². The number of nitrogens with zero attached hydrogens (tertiary/aromatic N) is 1. The van der Waals surface area contributed by atoms with E-state index in [4.69, 9.17) is 14.2 Å². The topological polar surface area (TPSA) is 89.1 Å². The van der Waals surface area contributed by atoms with Gasteiger partial charge < -0.3 is 24.8 Å². The van der Waals surface area contributed by atoms with E-state index < -0.39 is 0 Å². The van der Waals surface area contributed by atoms with Crippen LogP contribution in [0.3, 0.4) is 0 Å². The van der Waals surface area contributed by atoms with Crippen LogP contribution in [0.4, 0.5) is 0 Å². The maximum atomic E-state index is 12.3. The van der Waals surface area contributed by atoms with Gasteiger partial charge in [0.15, 0.2) is 11.5 Å². The molecule has 0 radical (unpaired) electrons. The number of amides is 2. The molecule has 2 amide bonds. The summed E-state index contributed by atoms with van der Waals surface area (Å²) in [5.41, 5.74) is 0.435. The van der Waals surface area contributed by atoms with E-state index in [9.17, 15) is 9.59 Å². The summed E-state index contributed by atoms with van der Waals surface area (Å²) >= 11 is 0. The molecule has 8 nitrogen and oxygen atoms in total. The second kappa shape index (κ2) is 10.5. The summed E-state index contributed by atoms with van der Waals surface area (Å²) < 4.78 is 16.0. The number of hydrogen-bond donors (Lipinski definition) is 2. The first kappa shape index (κ1) is 21.4. The van der Waals surface area contributed by atoms with Gasteiger partial charge in [0.25, 0.3) is 5.91 Å². The first-order valence-corrected chi connectivity index (χ1v) is 10.4. The number of morpholine rings is 1. The molecule has 29 heavy (non-hydrogen) atoms. The zero-order chi connectivity index (χ0) is 20.6. The Bertz CT molecular complexity index is 702. The molecule has 0 aromatic heterocycles. The number of benzene rings is 1. The molecular formula is C21H31N3O5. The molecule has 2 aliphatic heterocycles. The highest BCUT2D eigenvalue weighted by atomic mass is 16.7.